The van der Waals surface area contributed by atoms with Crippen LogP contribution in [-0.4, -0.2) is 9.97 Å². The third-order valence-corrected chi connectivity index (χ3v) is 3.40. The number of benzene rings is 2. The van der Waals surface area contributed by atoms with E-state index in [0.29, 0.717) is 0 Å². The van der Waals surface area contributed by atoms with Crippen molar-refractivity contribution in [1.29, 1.82) is 0 Å². The third kappa shape index (κ3) is 1.65. The third-order valence-electron chi connectivity index (χ3n) is 3.40. The van der Waals surface area contributed by atoms with Crippen LogP contribution in [0.5, 0.6) is 0 Å². The number of fused-ring (bicyclic) bond motifs is 3. The first-order valence-electron chi connectivity index (χ1n) is 6.17. The van der Waals surface area contributed by atoms with Gasteiger partial charge in [0, 0.05) is 23.0 Å². The molecule has 0 saturated carbocycles. The van der Waals surface area contributed by atoms with E-state index in [1.165, 1.54) is 5.56 Å². The van der Waals surface area contributed by atoms with Crippen LogP contribution < -0.4 is 10.4 Å². The zero-order valence-corrected chi connectivity index (χ0v) is 10.9. The fourth-order valence-electron chi connectivity index (χ4n) is 2.54. The Morgan fingerprint density at radius 1 is 1.11 bits per heavy atom. The second-order valence-corrected chi connectivity index (χ2v) is 4.55. The number of aryl methyl sites for hydroxylation is 1. The van der Waals surface area contributed by atoms with Gasteiger partial charge in [-0.15, -0.1) is 0 Å². The van der Waals surface area contributed by atoms with Crippen LogP contribution in [0, 0.1) is 6.92 Å². The van der Waals surface area contributed by atoms with Gasteiger partial charge in [-0.25, -0.2) is 0 Å². The average molecular weight is 246 g/mol. The zero-order chi connectivity index (χ0) is 13.4. The summed E-state index contributed by atoms with van der Waals surface area (Å²) in [5.74, 6) is 0. The molecule has 1 aromatic heterocycles. The highest BCUT2D eigenvalue weighted by atomic mass is 14.8. The molecule has 0 unspecified atom stereocenters. The Hall–Kier alpha value is -2.48. The Labute approximate surface area is 111 Å². The van der Waals surface area contributed by atoms with Gasteiger partial charge in [0.25, 0.3) is 0 Å². The molecule has 0 bridgehead atoms. The minimum atomic E-state index is 0.884. The highest BCUT2D eigenvalue weighted by Crippen LogP contribution is 2.20. The quantitative estimate of drug-likeness (QED) is 0.616. The standard InChI is InChI=1S/C17H14N2/c1-4-6-14-12(3)13-8-5-7-11(2)15(13)17-16(14)18-9-10-19-17/h4-10H,1,3H2,2H3/b14-6+. The molecule has 0 aliphatic heterocycles. The average Bonchev–Trinajstić information content (AvgIpc) is 2.43. The second-order valence-electron chi connectivity index (χ2n) is 4.55. The number of hydrogen-bond donors (Lipinski definition) is 0. The molecule has 0 atom stereocenters. The molecule has 2 nitrogen and oxygen atoms in total. The van der Waals surface area contributed by atoms with Crippen LogP contribution in [0.2, 0.25) is 0 Å². The Morgan fingerprint density at radius 3 is 2.58 bits per heavy atom. The topological polar surface area (TPSA) is 25.8 Å². The number of allylic oxidation sites excluding steroid dienone is 1. The van der Waals surface area contributed by atoms with Crippen molar-refractivity contribution in [2.75, 3.05) is 0 Å². The first kappa shape index (κ1) is 11.6. The smallest absolute Gasteiger partial charge is 0.0974 e. The fraction of sp³-hybridized carbons (Fsp3) is 0.0588. The monoisotopic (exact) mass is 246 g/mol. The highest BCUT2D eigenvalue weighted by molar-refractivity contribution is 6.06. The van der Waals surface area contributed by atoms with Gasteiger partial charge in [0.15, 0.2) is 0 Å². The molecule has 1 heterocycles. The van der Waals surface area contributed by atoms with Crippen LogP contribution in [0.1, 0.15) is 5.56 Å². The molecule has 0 N–H and O–H groups in total. The summed E-state index contributed by atoms with van der Waals surface area (Å²) in [4.78, 5) is 8.98. The minimum Gasteiger partial charge on any atom is -0.252 e. The molecule has 0 fully saturated rings. The summed E-state index contributed by atoms with van der Waals surface area (Å²) < 4.78 is 0. The summed E-state index contributed by atoms with van der Waals surface area (Å²) in [6.07, 6.45) is 7.15. The van der Waals surface area contributed by atoms with E-state index in [2.05, 4.69) is 42.2 Å². The van der Waals surface area contributed by atoms with E-state index in [1.54, 1.807) is 18.5 Å². The van der Waals surface area contributed by atoms with E-state index in [-0.39, 0.29) is 0 Å². The number of aromatic nitrogens is 2. The predicted molar refractivity (Wildman–Crippen MR) is 81.2 cm³/mol. The van der Waals surface area contributed by atoms with Crippen LogP contribution in [0.25, 0.3) is 34.5 Å². The molecule has 3 rings (SSSR count). The van der Waals surface area contributed by atoms with Crippen LogP contribution in [0.3, 0.4) is 0 Å². The maximum Gasteiger partial charge on any atom is 0.0974 e. The highest BCUT2D eigenvalue weighted by Gasteiger charge is 2.08. The number of rotatable bonds is 1. The lowest BCUT2D eigenvalue weighted by molar-refractivity contribution is 1.29. The van der Waals surface area contributed by atoms with Gasteiger partial charge in [-0.3, -0.25) is 9.97 Å². The summed E-state index contributed by atoms with van der Waals surface area (Å²) >= 11 is 0. The number of hydrogen-bond acceptors (Lipinski definition) is 2. The molecule has 0 amide bonds. The largest absolute Gasteiger partial charge is 0.252 e. The molecule has 92 valence electrons. The lowest BCUT2D eigenvalue weighted by Crippen LogP contribution is -2.26. The summed E-state index contributed by atoms with van der Waals surface area (Å²) in [5, 5.41) is 4.24. The van der Waals surface area contributed by atoms with E-state index in [0.717, 1.165) is 32.2 Å². The molecule has 0 aliphatic carbocycles. The summed E-state index contributed by atoms with van der Waals surface area (Å²) in [6, 6.07) is 6.22. The zero-order valence-electron chi connectivity index (χ0n) is 10.9. The first-order valence-corrected chi connectivity index (χ1v) is 6.17. The maximum absolute atomic E-state index is 4.51. The summed E-state index contributed by atoms with van der Waals surface area (Å²) in [5.41, 5.74) is 3.00. The molecule has 3 aromatic rings. The van der Waals surface area contributed by atoms with E-state index in [1.807, 2.05) is 12.1 Å². The van der Waals surface area contributed by atoms with Crippen molar-refractivity contribution in [3.8, 4) is 0 Å². The Balaban J connectivity index is 2.79. The molecular weight excluding hydrogens is 232 g/mol. The summed E-state index contributed by atoms with van der Waals surface area (Å²) in [6.45, 7) is 10.1. The van der Waals surface area contributed by atoms with Crippen molar-refractivity contribution in [2.24, 2.45) is 0 Å². The lowest BCUT2D eigenvalue weighted by Gasteiger charge is -2.07. The molecule has 0 spiro atoms. The van der Waals surface area contributed by atoms with E-state index >= 15 is 0 Å². The van der Waals surface area contributed by atoms with Gasteiger partial charge in [-0.2, -0.15) is 0 Å². The van der Waals surface area contributed by atoms with Crippen molar-refractivity contribution in [2.45, 2.75) is 6.92 Å². The van der Waals surface area contributed by atoms with E-state index in [4.69, 9.17) is 0 Å². The SMILES string of the molecule is C=C/C=c1\c(=C)c2cccc(C)c2c2nccnc12. The molecule has 0 radical (unpaired) electrons. The summed E-state index contributed by atoms with van der Waals surface area (Å²) in [7, 11) is 0. The molecule has 0 aliphatic rings. The van der Waals surface area contributed by atoms with Gasteiger partial charge in [-0.1, -0.05) is 43.5 Å². The van der Waals surface area contributed by atoms with Gasteiger partial charge in [-0.05, 0) is 23.1 Å². The molecule has 2 heteroatoms. The maximum atomic E-state index is 4.51. The van der Waals surface area contributed by atoms with Gasteiger partial charge in [0.2, 0.25) is 0 Å². The molecule has 2 aromatic carbocycles. The van der Waals surface area contributed by atoms with E-state index in [9.17, 15) is 0 Å². The van der Waals surface area contributed by atoms with Crippen LogP contribution >= 0.6 is 0 Å². The van der Waals surface area contributed by atoms with Gasteiger partial charge in [0.05, 0.1) is 11.0 Å². The van der Waals surface area contributed by atoms with Crippen LogP contribution in [-0.2, 0) is 0 Å². The Morgan fingerprint density at radius 2 is 1.84 bits per heavy atom. The Kier molecular flexibility index (Phi) is 2.64. The number of nitrogens with zero attached hydrogens (tertiary/aromatic N) is 2. The van der Waals surface area contributed by atoms with Crippen molar-refractivity contribution < 1.29 is 0 Å². The Bertz CT molecular complexity index is 908. The van der Waals surface area contributed by atoms with Crippen molar-refractivity contribution >= 4 is 34.5 Å². The van der Waals surface area contributed by atoms with Gasteiger partial charge < -0.3 is 0 Å². The van der Waals surface area contributed by atoms with Crippen molar-refractivity contribution in [3.63, 3.8) is 0 Å². The van der Waals surface area contributed by atoms with Gasteiger partial charge in [0.1, 0.15) is 0 Å². The van der Waals surface area contributed by atoms with Crippen molar-refractivity contribution in [1.82, 2.24) is 9.97 Å². The predicted octanol–water partition coefficient (Wildman–Crippen LogP) is 2.47. The minimum absolute atomic E-state index is 0.884. The van der Waals surface area contributed by atoms with Crippen molar-refractivity contribution in [3.05, 3.63) is 59.2 Å². The van der Waals surface area contributed by atoms with Gasteiger partial charge >= 0.3 is 0 Å². The normalized spacial score (nSPS) is 12.2. The molecular formula is C17H14N2. The fourth-order valence-corrected chi connectivity index (χ4v) is 2.54. The lowest BCUT2D eigenvalue weighted by atomic mass is 10.00. The molecule has 19 heavy (non-hydrogen) atoms. The van der Waals surface area contributed by atoms with E-state index < -0.39 is 0 Å². The first-order chi connectivity index (χ1) is 9.24. The second kappa shape index (κ2) is 4.32. The van der Waals surface area contributed by atoms with Crippen LogP contribution in [0.4, 0.5) is 0 Å². The van der Waals surface area contributed by atoms with Crippen LogP contribution in [0.15, 0.2) is 43.2 Å². The molecule has 0 saturated heterocycles.